The Labute approximate surface area is 184 Å². The molecule has 7 heteroatoms. The van der Waals surface area contributed by atoms with Crippen molar-refractivity contribution in [3.63, 3.8) is 0 Å². The average Bonchev–Trinajstić information content (AvgIpc) is 3.03. The van der Waals surface area contributed by atoms with Gasteiger partial charge in [0.15, 0.2) is 0 Å². The van der Waals surface area contributed by atoms with E-state index in [4.69, 9.17) is 0 Å². The molecule has 0 radical (unpaired) electrons. The average molecular weight is 430 g/mol. The number of aliphatic hydroxyl groups is 1. The van der Waals surface area contributed by atoms with Crippen LogP contribution in [0.15, 0.2) is 18.2 Å². The minimum atomic E-state index is -0.982. The molecular formula is C24H35N3O4. The van der Waals surface area contributed by atoms with Crippen LogP contribution in [0, 0.1) is 12.3 Å². The molecule has 1 aromatic carbocycles. The van der Waals surface area contributed by atoms with Gasteiger partial charge in [0.2, 0.25) is 5.91 Å². The first-order chi connectivity index (χ1) is 14.6. The number of amides is 2. The smallest absolute Gasteiger partial charge is 0.411 e. The van der Waals surface area contributed by atoms with E-state index in [0.29, 0.717) is 11.6 Å². The van der Waals surface area contributed by atoms with Crippen LogP contribution in [0.3, 0.4) is 0 Å². The molecule has 1 atom stereocenters. The zero-order valence-electron chi connectivity index (χ0n) is 18.9. The Kier molecular flexibility index (Phi) is 5.66. The molecule has 2 aliphatic heterocycles. The van der Waals surface area contributed by atoms with Crippen LogP contribution in [0.5, 0.6) is 0 Å². The molecule has 0 bridgehead atoms. The maximum absolute atomic E-state index is 13.6. The first-order valence-corrected chi connectivity index (χ1v) is 11.5. The number of carbonyl (C=O) groups excluding carboxylic acids is 1. The lowest BCUT2D eigenvalue weighted by atomic mass is 9.78. The number of carboxylic acid groups (broad SMARTS) is 1. The Bertz CT molecular complexity index is 860. The van der Waals surface area contributed by atoms with Crippen LogP contribution in [0.25, 0.3) is 0 Å². The molecule has 4 rings (SSSR count). The van der Waals surface area contributed by atoms with E-state index < -0.39 is 11.7 Å². The summed E-state index contributed by atoms with van der Waals surface area (Å²) in [5.41, 5.74) is 1.86. The van der Waals surface area contributed by atoms with E-state index in [1.807, 2.05) is 32.0 Å². The molecule has 2 N–H and O–H groups in total. The molecule has 3 aliphatic rings. The third-order valence-electron chi connectivity index (χ3n) is 7.79. The molecule has 170 valence electrons. The molecule has 7 nitrogen and oxygen atoms in total. The first-order valence-electron chi connectivity index (χ1n) is 11.5. The SMILES string of the molecule is Cc1cc(N(C)C(=O)O)ccc1N1CCC[C@]2(CCN([C@H]3CC[C@](C)(O)CC3)C2=O)C1. The molecule has 1 saturated carbocycles. The Hall–Kier alpha value is -2.28. The number of aryl methyl sites for hydroxylation is 1. The normalized spacial score (nSPS) is 31.4. The standard InChI is InChI=1S/C24H35N3O4/c1-17-15-19(25(3)22(29)30)5-6-20(17)26-13-4-9-24(16-26)12-14-27(21(24)28)18-7-10-23(2,31)11-8-18/h5-6,15,18,31H,4,7-14,16H2,1-3H3,(H,29,30)/t18-,23-,24-/m0/s1. The van der Waals surface area contributed by atoms with Crippen molar-refractivity contribution in [2.45, 2.75) is 70.4 Å². The lowest BCUT2D eigenvalue weighted by Gasteiger charge is -2.42. The molecule has 1 aliphatic carbocycles. The van der Waals surface area contributed by atoms with Crippen LogP contribution >= 0.6 is 0 Å². The second-order valence-corrected chi connectivity index (χ2v) is 10.1. The van der Waals surface area contributed by atoms with E-state index in [1.54, 1.807) is 7.05 Å². The summed E-state index contributed by atoms with van der Waals surface area (Å²) in [6, 6.07) is 5.99. The number of anilines is 2. The molecule has 2 heterocycles. The number of piperidine rings is 1. The zero-order chi connectivity index (χ0) is 22.4. The minimum Gasteiger partial charge on any atom is -0.465 e. The summed E-state index contributed by atoms with van der Waals surface area (Å²) < 4.78 is 0. The van der Waals surface area contributed by atoms with E-state index in [1.165, 1.54) is 4.90 Å². The summed E-state index contributed by atoms with van der Waals surface area (Å²) in [4.78, 5) is 30.5. The second kappa shape index (κ2) is 8.01. The first kappa shape index (κ1) is 21.9. The fraction of sp³-hybridized carbons (Fsp3) is 0.667. The number of nitrogens with zero attached hydrogens (tertiary/aromatic N) is 3. The molecule has 1 spiro atoms. The van der Waals surface area contributed by atoms with Gasteiger partial charge in [-0.15, -0.1) is 0 Å². The van der Waals surface area contributed by atoms with Crippen molar-refractivity contribution in [2.24, 2.45) is 5.41 Å². The monoisotopic (exact) mass is 429 g/mol. The topological polar surface area (TPSA) is 84.3 Å². The Morgan fingerprint density at radius 2 is 1.87 bits per heavy atom. The highest BCUT2D eigenvalue weighted by Gasteiger charge is 2.51. The number of likely N-dealkylation sites (tertiary alicyclic amines) is 1. The molecule has 0 unspecified atom stereocenters. The number of rotatable bonds is 3. The number of hydrogen-bond acceptors (Lipinski definition) is 4. The third-order valence-corrected chi connectivity index (χ3v) is 7.79. The highest BCUT2D eigenvalue weighted by Crippen LogP contribution is 2.44. The van der Waals surface area contributed by atoms with Crippen LogP contribution in [-0.2, 0) is 4.79 Å². The molecule has 1 aromatic rings. The summed E-state index contributed by atoms with van der Waals surface area (Å²) in [6.45, 7) is 6.36. The van der Waals surface area contributed by atoms with Gasteiger partial charge in [0.25, 0.3) is 0 Å². The fourth-order valence-electron chi connectivity index (χ4n) is 5.76. The van der Waals surface area contributed by atoms with Crippen LogP contribution in [0.1, 0.15) is 57.4 Å². The van der Waals surface area contributed by atoms with Gasteiger partial charge in [0.1, 0.15) is 0 Å². The van der Waals surface area contributed by atoms with Crippen molar-refractivity contribution < 1.29 is 19.8 Å². The molecular weight excluding hydrogens is 394 g/mol. The Balaban J connectivity index is 1.49. The third kappa shape index (κ3) is 4.12. The largest absolute Gasteiger partial charge is 0.465 e. The van der Waals surface area contributed by atoms with Crippen LogP contribution in [0.2, 0.25) is 0 Å². The van der Waals surface area contributed by atoms with Crippen molar-refractivity contribution in [2.75, 3.05) is 36.5 Å². The van der Waals surface area contributed by atoms with Gasteiger partial charge in [-0.25, -0.2) is 4.79 Å². The van der Waals surface area contributed by atoms with E-state index in [0.717, 1.165) is 75.8 Å². The van der Waals surface area contributed by atoms with Crippen molar-refractivity contribution in [3.8, 4) is 0 Å². The van der Waals surface area contributed by atoms with E-state index >= 15 is 0 Å². The van der Waals surface area contributed by atoms with Crippen molar-refractivity contribution in [1.82, 2.24) is 4.90 Å². The summed E-state index contributed by atoms with van der Waals surface area (Å²) in [5.74, 6) is 0.295. The Morgan fingerprint density at radius 3 is 2.52 bits per heavy atom. The summed E-state index contributed by atoms with van der Waals surface area (Å²) in [7, 11) is 1.54. The maximum Gasteiger partial charge on any atom is 0.411 e. The van der Waals surface area contributed by atoms with Gasteiger partial charge in [-0.1, -0.05) is 0 Å². The van der Waals surface area contributed by atoms with Gasteiger partial charge in [-0.05, 0) is 82.6 Å². The molecule has 2 amide bonds. The van der Waals surface area contributed by atoms with Gasteiger partial charge < -0.3 is 20.0 Å². The number of hydrogen-bond donors (Lipinski definition) is 2. The highest BCUT2D eigenvalue weighted by atomic mass is 16.4. The maximum atomic E-state index is 13.6. The van der Waals surface area contributed by atoms with E-state index in [9.17, 15) is 19.8 Å². The van der Waals surface area contributed by atoms with Crippen LogP contribution in [0.4, 0.5) is 16.2 Å². The highest BCUT2D eigenvalue weighted by molar-refractivity contribution is 5.87. The van der Waals surface area contributed by atoms with Crippen LogP contribution < -0.4 is 9.80 Å². The Morgan fingerprint density at radius 1 is 1.16 bits per heavy atom. The van der Waals surface area contributed by atoms with Gasteiger partial charge in [0.05, 0.1) is 11.0 Å². The summed E-state index contributed by atoms with van der Waals surface area (Å²) in [6.07, 6.45) is 5.12. The summed E-state index contributed by atoms with van der Waals surface area (Å²) in [5, 5.41) is 19.5. The molecule has 2 saturated heterocycles. The van der Waals surface area contributed by atoms with Crippen molar-refractivity contribution in [3.05, 3.63) is 23.8 Å². The van der Waals surface area contributed by atoms with Gasteiger partial charge >= 0.3 is 6.09 Å². The minimum absolute atomic E-state index is 0.259. The number of carbonyl (C=O) groups is 2. The zero-order valence-corrected chi connectivity index (χ0v) is 18.9. The van der Waals surface area contributed by atoms with Gasteiger partial charge in [-0.2, -0.15) is 0 Å². The molecule has 31 heavy (non-hydrogen) atoms. The van der Waals surface area contributed by atoms with Crippen molar-refractivity contribution >= 4 is 23.4 Å². The quantitative estimate of drug-likeness (QED) is 0.767. The summed E-state index contributed by atoms with van der Waals surface area (Å²) >= 11 is 0. The second-order valence-electron chi connectivity index (χ2n) is 10.1. The predicted molar refractivity (Wildman–Crippen MR) is 121 cm³/mol. The number of benzene rings is 1. The van der Waals surface area contributed by atoms with Gasteiger partial charge in [0, 0.05) is 44.1 Å². The van der Waals surface area contributed by atoms with Crippen LogP contribution in [-0.4, -0.2) is 65.4 Å². The molecule has 0 aromatic heterocycles. The predicted octanol–water partition coefficient (Wildman–Crippen LogP) is 3.62. The van der Waals surface area contributed by atoms with Crippen molar-refractivity contribution in [1.29, 1.82) is 0 Å². The van der Waals surface area contributed by atoms with E-state index in [-0.39, 0.29) is 11.5 Å². The fourth-order valence-corrected chi connectivity index (χ4v) is 5.76. The lowest BCUT2D eigenvalue weighted by molar-refractivity contribution is -0.140. The molecule has 3 fully saturated rings. The van der Waals surface area contributed by atoms with E-state index in [2.05, 4.69) is 9.80 Å². The van der Waals surface area contributed by atoms with Gasteiger partial charge in [-0.3, -0.25) is 9.69 Å². The lowest BCUT2D eigenvalue weighted by Crippen LogP contribution is -2.50.